The van der Waals surface area contributed by atoms with Crippen LogP contribution in [0.15, 0.2) is 152 Å². The minimum absolute atomic E-state index is 1.16. The van der Waals surface area contributed by atoms with Gasteiger partial charge in [0, 0.05) is 48.9 Å². The van der Waals surface area contributed by atoms with Gasteiger partial charge in [-0.25, -0.2) is 0 Å². The fourth-order valence-corrected chi connectivity index (χ4v) is 7.69. The molecule has 0 spiro atoms. The molecule has 1 N–H and O–H groups in total. The zero-order valence-electron chi connectivity index (χ0n) is 23.9. The molecular formula is C42H26N2. The molecule has 0 bridgehead atoms. The molecule has 0 amide bonds. The Hall–Kier alpha value is -5.86. The highest BCUT2D eigenvalue weighted by Gasteiger charge is 2.23. The van der Waals surface area contributed by atoms with Crippen LogP contribution in [0.25, 0.3) is 92.7 Å². The van der Waals surface area contributed by atoms with Crippen LogP contribution < -0.4 is 0 Å². The molecule has 2 nitrogen and oxygen atoms in total. The van der Waals surface area contributed by atoms with Crippen molar-refractivity contribution in [2.45, 2.75) is 0 Å². The largest absolute Gasteiger partial charge is 0.354 e. The summed E-state index contributed by atoms with van der Waals surface area (Å²) >= 11 is 0. The first-order chi connectivity index (χ1) is 21.9. The van der Waals surface area contributed by atoms with Crippen LogP contribution in [0.4, 0.5) is 0 Å². The van der Waals surface area contributed by atoms with Crippen LogP contribution in [0, 0.1) is 0 Å². The van der Waals surface area contributed by atoms with E-state index in [0.29, 0.717) is 0 Å². The summed E-state index contributed by atoms with van der Waals surface area (Å²) in [6, 6.07) is 55.2. The molecule has 44 heavy (non-hydrogen) atoms. The molecule has 0 aliphatic carbocycles. The van der Waals surface area contributed by atoms with Crippen molar-refractivity contribution in [3.8, 4) is 16.8 Å². The van der Waals surface area contributed by atoms with E-state index in [9.17, 15) is 0 Å². The van der Waals surface area contributed by atoms with E-state index in [4.69, 9.17) is 0 Å². The summed E-state index contributed by atoms with van der Waals surface area (Å²) in [6.07, 6.45) is 0. The lowest BCUT2D eigenvalue weighted by molar-refractivity contribution is 1.19. The SMILES string of the molecule is c1ccc(-c2cccc(-n3c4ccccc4c4c5c(c6ccccc6c6[nH]c7ccccc7c65)c5ccccc5c43)c2)cc1. The highest BCUT2D eigenvalue weighted by molar-refractivity contribution is 6.45. The number of H-pyrrole nitrogens is 1. The molecule has 0 fully saturated rings. The zero-order valence-corrected chi connectivity index (χ0v) is 23.9. The van der Waals surface area contributed by atoms with Gasteiger partial charge in [-0.2, -0.15) is 0 Å². The summed E-state index contributed by atoms with van der Waals surface area (Å²) in [5, 5.41) is 12.9. The van der Waals surface area contributed by atoms with Crippen molar-refractivity contribution in [2.75, 3.05) is 0 Å². The number of hydrogen-bond acceptors (Lipinski definition) is 0. The smallest absolute Gasteiger partial charge is 0.0626 e. The van der Waals surface area contributed by atoms with Crippen molar-refractivity contribution < 1.29 is 0 Å². The first kappa shape index (κ1) is 23.7. The maximum absolute atomic E-state index is 3.83. The van der Waals surface area contributed by atoms with Crippen LogP contribution >= 0.6 is 0 Å². The topological polar surface area (TPSA) is 20.7 Å². The highest BCUT2D eigenvalue weighted by atomic mass is 15.0. The third kappa shape index (κ3) is 3.09. The van der Waals surface area contributed by atoms with E-state index in [1.54, 1.807) is 0 Å². The van der Waals surface area contributed by atoms with Crippen LogP contribution in [0.2, 0.25) is 0 Å². The Balaban J connectivity index is 1.51. The second-order valence-corrected chi connectivity index (χ2v) is 11.8. The van der Waals surface area contributed by atoms with Crippen LogP contribution in [0.3, 0.4) is 0 Å². The van der Waals surface area contributed by atoms with Gasteiger partial charge >= 0.3 is 0 Å². The third-order valence-electron chi connectivity index (χ3n) is 9.46. The Morgan fingerprint density at radius 1 is 0.386 bits per heavy atom. The summed E-state index contributed by atoms with van der Waals surface area (Å²) < 4.78 is 2.49. The normalized spacial score (nSPS) is 12.1. The van der Waals surface area contributed by atoms with E-state index >= 15 is 0 Å². The first-order valence-corrected chi connectivity index (χ1v) is 15.2. The standard InChI is InChI=1S/C42H26N2/c1-2-13-26(14-3-1)27-15-12-16-28(25-27)44-36-24-11-9-22-34(36)39-40-37(30-18-5-7-20-32(30)42(39)44)29-17-4-6-19-31(29)41-38(40)33-21-8-10-23-35(33)43-41/h1-25,43H. The van der Waals surface area contributed by atoms with Gasteiger partial charge in [-0.1, -0.05) is 127 Å². The molecule has 0 aliphatic rings. The van der Waals surface area contributed by atoms with Crippen molar-refractivity contribution >= 4 is 75.9 Å². The monoisotopic (exact) mass is 558 g/mol. The quantitative estimate of drug-likeness (QED) is 0.204. The molecular weight excluding hydrogens is 532 g/mol. The Morgan fingerprint density at radius 3 is 1.82 bits per heavy atom. The Kier molecular flexibility index (Phi) is 4.75. The molecule has 0 saturated heterocycles. The summed E-state index contributed by atoms with van der Waals surface area (Å²) in [4.78, 5) is 3.83. The van der Waals surface area contributed by atoms with Gasteiger partial charge in [0.2, 0.25) is 0 Å². The molecule has 2 aromatic heterocycles. The molecule has 0 atom stereocenters. The number of nitrogens with one attached hydrogen (secondary N) is 1. The number of rotatable bonds is 2. The second kappa shape index (κ2) is 8.82. The van der Waals surface area contributed by atoms with Gasteiger partial charge in [0.05, 0.1) is 16.6 Å². The number of nitrogens with zero attached hydrogens (tertiary/aromatic N) is 1. The lowest BCUT2D eigenvalue weighted by Crippen LogP contribution is -1.95. The molecule has 0 radical (unpaired) electrons. The molecule has 2 heterocycles. The Bertz CT molecular complexity index is 2760. The number of para-hydroxylation sites is 2. The molecule has 0 aliphatic heterocycles. The fourth-order valence-electron chi connectivity index (χ4n) is 7.69. The van der Waals surface area contributed by atoms with Gasteiger partial charge in [-0.15, -0.1) is 0 Å². The average Bonchev–Trinajstić information content (AvgIpc) is 3.66. The summed E-state index contributed by atoms with van der Waals surface area (Å²) in [5.41, 5.74) is 8.43. The number of hydrogen-bond donors (Lipinski definition) is 1. The number of aromatic nitrogens is 2. The molecule has 10 rings (SSSR count). The molecule has 204 valence electrons. The van der Waals surface area contributed by atoms with Crippen LogP contribution in [0.5, 0.6) is 0 Å². The van der Waals surface area contributed by atoms with Gasteiger partial charge in [-0.3, -0.25) is 0 Å². The lowest BCUT2D eigenvalue weighted by atomic mass is 9.89. The summed E-state index contributed by atoms with van der Waals surface area (Å²) in [5.74, 6) is 0. The predicted octanol–water partition coefficient (Wildman–Crippen LogP) is 11.5. The van der Waals surface area contributed by atoms with Gasteiger partial charge in [0.25, 0.3) is 0 Å². The Morgan fingerprint density at radius 2 is 1.00 bits per heavy atom. The fraction of sp³-hybridized carbons (Fsp3) is 0. The summed E-state index contributed by atoms with van der Waals surface area (Å²) in [6.45, 7) is 0. The van der Waals surface area contributed by atoms with Gasteiger partial charge in [0.15, 0.2) is 0 Å². The number of fused-ring (bicyclic) bond motifs is 15. The van der Waals surface area contributed by atoms with Crippen molar-refractivity contribution in [2.24, 2.45) is 0 Å². The molecule has 0 saturated carbocycles. The van der Waals surface area contributed by atoms with Gasteiger partial charge in [-0.05, 0) is 51.6 Å². The molecule has 0 unspecified atom stereocenters. The zero-order chi connectivity index (χ0) is 28.8. The first-order valence-electron chi connectivity index (χ1n) is 15.2. The lowest BCUT2D eigenvalue weighted by Gasteiger charge is -2.15. The molecule has 2 heteroatoms. The van der Waals surface area contributed by atoms with Crippen LogP contribution in [-0.2, 0) is 0 Å². The van der Waals surface area contributed by atoms with E-state index in [2.05, 4.69) is 161 Å². The Labute approximate surface area is 253 Å². The van der Waals surface area contributed by atoms with E-state index in [-0.39, 0.29) is 0 Å². The van der Waals surface area contributed by atoms with Gasteiger partial charge in [0.1, 0.15) is 0 Å². The summed E-state index contributed by atoms with van der Waals surface area (Å²) in [7, 11) is 0. The minimum Gasteiger partial charge on any atom is -0.354 e. The van der Waals surface area contributed by atoms with Crippen molar-refractivity contribution in [3.63, 3.8) is 0 Å². The molecule has 8 aromatic carbocycles. The van der Waals surface area contributed by atoms with Crippen LogP contribution in [-0.4, -0.2) is 9.55 Å². The maximum atomic E-state index is 3.83. The van der Waals surface area contributed by atoms with E-state index in [1.165, 1.54) is 87.1 Å². The average molecular weight is 559 g/mol. The van der Waals surface area contributed by atoms with Crippen molar-refractivity contribution in [1.82, 2.24) is 9.55 Å². The maximum Gasteiger partial charge on any atom is 0.0626 e. The predicted molar refractivity (Wildman–Crippen MR) is 188 cm³/mol. The van der Waals surface area contributed by atoms with E-state index in [1.807, 2.05) is 0 Å². The third-order valence-corrected chi connectivity index (χ3v) is 9.46. The van der Waals surface area contributed by atoms with E-state index < -0.39 is 0 Å². The highest BCUT2D eigenvalue weighted by Crippen LogP contribution is 2.49. The van der Waals surface area contributed by atoms with Crippen LogP contribution in [0.1, 0.15) is 0 Å². The van der Waals surface area contributed by atoms with E-state index in [0.717, 1.165) is 5.69 Å². The van der Waals surface area contributed by atoms with Gasteiger partial charge < -0.3 is 9.55 Å². The minimum atomic E-state index is 1.16. The van der Waals surface area contributed by atoms with Crippen molar-refractivity contribution in [1.29, 1.82) is 0 Å². The molecule has 10 aromatic rings. The number of aromatic amines is 1. The second-order valence-electron chi connectivity index (χ2n) is 11.8. The van der Waals surface area contributed by atoms with Crippen molar-refractivity contribution in [3.05, 3.63) is 152 Å². The number of benzene rings is 8.